The van der Waals surface area contributed by atoms with Crippen LogP contribution in [-0.4, -0.2) is 52.6 Å². The van der Waals surface area contributed by atoms with Gasteiger partial charge in [0.05, 0.1) is 13.7 Å². The summed E-state index contributed by atoms with van der Waals surface area (Å²) >= 11 is 0. The summed E-state index contributed by atoms with van der Waals surface area (Å²) < 4.78 is 21.8. The molecule has 1 aromatic heterocycles. The first-order valence-electron chi connectivity index (χ1n) is 10.4. The van der Waals surface area contributed by atoms with Gasteiger partial charge in [0.15, 0.2) is 0 Å². The minimum Gasteiger partial charge on any atom is -0.497 e. The molecule has 0 unspecified atom stereocenters. The molecule has 2 saturated heterocycles. The lowest BCUT2D eigenvalue weighted by Crippen LogP contribution is -2.44. The second kappa shape index (κ2) is 8.21. The number of likely N-dealkylation sites (tertiary alicyclic amines) is 2. The number of hydrogen-bond acceptors (Lipinski definition) is 4. The lowest BCUT2D eigenvalue weighted by Gasteiger charge is -2.40. The highest BCUT2D eigenvalue weighted by Crippen LogP contribution is 2.40. The summed E-state index contributed by atoms with van der Waals surface area (Å²) in [7, 11) is 1.63. The summed E-state index contributed by atoms with van der Waals surface area (Å²) in [5, 5.41) is 0. The molecule has 6 heteroatoms. The molecule has 28 heavy (non-hydrogen) atoms. The molecule has 0 amide bonds. The molecule has 3 heterocycles. The SMILES string of the molecule is CCn1ccnc1CN1CC[C@]2(CCCN(Cc3cc(OC)ccc3F)C2)C1. The first-order chi connectivity index (χ1) is 13.6. The van der Waals surface area contributed by atoms with E-state index < -0.39 is 0 Å². The van der Waals surface area contributed by atoms with Gasteiger partial charge in [-0.25, -0.2) is 9.37 Å². The van der Waals surface area contributed by atoms with Crippen molar-refractivity contribution in [2.45, 2.75) is 45.8 Å². The number of halogens is 1. The number of aryl methyl sites for hydroxylation is 1. The molecule has 1 atom stereocenters. The van der Waals surface area contributed by atoms with Crippen molar-refractivity contribution in [1.29, 1.82) is 0 Å². The monoisotopic (exact) mass is 386 g/mol. The molecule has 0 N–H and O–H groups in total. The fourth-order valence-corrected chi connectivity index (χ4v) is 4.96. The molecule has 0 radical (unpaired) electrons. The molecule has 4 rings (SSSR count). The predicted octanol–water partition coefficient (Wildman–Crippen LogP) is 3.54. The van der Waals surface area contributed by atoms with Crippen molar-refractivity contribution in [3.63, 3.8) is 0 Å². The molecule has 0 saturated carbocycles. The molecule has 5 nitrogen and oxygen atoms in total. The molecule has 2 fully saturated rings. The molecular formula is C22H31FN4O. The van der Waals surface area contributed by atoms with Crippen molar-refractivity contribution in [3.8, 4) is 5.75 Å². The van der Waals surface area contributed by atoms with Crippen LogP contribution in [0.1, 0.15) is 37.6 Å². The molecule has 2 aliphatic rings. The van der Waals surface area contributed by atoms with E-state index in [1.165, 1.54) is 25.3 Å². The normalized spacial score (nSPS) is 23.5. The van der Waals surface area contributed by atoms with Gasteiger partial charge in [-0.1, -0.05) is 0 Å². The van der Waals surface area contributed by atoms with Crippen LogP contribution in [0.15, 0.2) is 30.6 Å². The number of hydrogen-bond donors (Lipinski definition) is 0. The van der Waals surface area contributed by atoms with Crippen LogP contribution < -0.4 is 4.74 Å². The van der Waals surface area contributed by atoms with Crippen molar-refractivity contribution in [2.24, 2.45) is 5.41 Å². The van der Waals surface area contributed by atoms with Gasteiger partial charge in [-0.3, -0.25) is 9.80 Å². The van der Waals surface area contributed by atoms with Crippen molar-refractivity contribution in [2.75, 3.05) is 33.3 Å². The third kappa shape index (κ3) is 4.08. The van der Waals surface area contributed by atoms with Gasteiger partial charge in [-0.05, 0) is 62.9 Å². The summed E-state index contributed by atoms with van der Waals surface area (Å²) in [4.78, 5) is 9.51. The van der Waals surface area contributed by atoms with Gasteiger partial charge in [-0.2, -0.15) is 0 Å². The lowest BCUT2D eigenvalue weighted by molar-refractivity contribution is 0.0853. The van der Waals surface area contributed by atoms with Crippen LogP contribution in [-0.2, 0) is 19.6 Å². The maximum Gasteiger partial charge on any atom is 0.127 e. The van der Waals surface area contributed by atoms with Crippen molar-refractivity contribution >= 4 is 0 Å². The average Bonchev–Trinajstić information content (AvgIpc) is 3.31. The zero-order valence-corrected chi connectivity index (χ0v) is 17.0. The fourth-order valence-electron chi connectivity index (χ4n) is 4.96. The highest BCUT2D eigenvalue weighted by Gasteiger charge is 2.41. The number of rotatable bonds is 6. The van der Waals surface area contributed by atoms with E-state index in [1.807, 2.05) is 12.3 Å². The maximum atomic E-state index is 14.3. The van der Waals surface area contributed by atoms with Gasteiger partial charge >= 0.3 is 0 Å². The van der Waals surface area contributed by atoms with Crippen LogP contribution in [0.2, 0.25) is 0 Å². The van der Waals surface area contributed by atoms with E-state index in [-0.39, 0.29) is 5.82 Å². The van der Waals surface area contributed by atoms with E-state index in [2.05, 4.69) is 32.5 Å². The quantitative estimate of drug-likeness (QED) is 0.760. The Kier molecular flexibility index (Phi) is 5.69. The van der Waals surface area contributed by atoms with Crippen molar-refractivity contribution < 1.29 is 9.13 Å². The fraction of sp³-hybridized carbons (Fsp3) is 0.591. The Morgan fingerprint density at radius 2 is 1.96 bits per heavy atom. The Bertz CT molecular complexity index is 808. The number of benzene rings is 1. The van der Waals surface area contributed by atoms with E-state index >= 15 is 0 Å². The summed E-state index contributed by atoms with van der Waals surface area (Å²) in [6.07, 6.45) is 7.63. The molecular weight excluding hydrogens is 355 g/mol. The summed E-state index contributed by atoms with van der Waals surface area (Å²) in [6.45, 7) is 9.03. The Morgan fingerprint density at radius 3 is 2.75 bits per heavy atom. The van der Waals surface area contributed by atoms with E-state index in [0.717, 1.165) is 56.4 Å². The van der Waals surface area contributed by atoms with Crippen LogP contribution in [0.4, 0.5) is 4.39 Å². The zero-order chi connectivity index (χ0) is 19.6. The van der Waals surface area contributed by atoms with Crippen LogP contribution in [0.25, 0.3) is 0 Å². The number of nitrogens with zero attached hydrogens (tertiary/aromatic N) is 4. The van der Waals surface area contributed by atoms with Gasteiger partial charge in [0.25, 0.3) is 0 Å². The molecule has 152 valence electrons. The van der Waals surface area contributed by atoms with Crippen molar-refractivity contribution in [3.05, 3.63) is 47.8 Å². The van der Waals surface area contributed by atoms with Gasteiger partial charge in [0.1, 0.15) is 17.4 Å². The van der Waals surface area contributed by atoms with E-state index in [0.29, 0.717) is 12.0 Å². The molecule has 2 aromatic rings. The van der Waals surface area contributed by atoms with Gasteiger partial charge < -0.3 is 9.30 Å². The van der Waals surface area contributed by atoms with Gasteiger partial charge in [-0.15, -0.1) is 0 Å². The van der Waals surface area contributed by atoms with E-state index in [1.54, 1.807) is 13.2 Å². The smallest absolute Gasteiger partial charge is 0.127 e. The highest BCUT2D eigenvalue weighted by atomic mass is 19.1. The van der Waals surface area contributed by atoms with Crippen LogP contribution >= 0.6 is 0 Å². The Morgan fingerprint density at radius 1 is 1.14 bits per heavy atom. The number of methoxy groups -OCH3 is 1. The topological polar surface area (TPSA) is 33.5 Å². The van der Waals surface area contributed by atoms with Gasteiger partial charge in [0.2, 0.25) is 0 Å². The first kappa shape index (κ1) is 19.4. The van der Waals surface area contributed by atoms with Crippen LogP contribution in [0.3, 0.4) is 0 Å². The maximum absolute atomic E-state index is 14.3. The zero-order valence-electron chi connectivity index (χ0n) is 17.0. The second-order valence-electron chi connectivity index (χ2n) is 8.36. The molecule has 1 spiro atoms. The minimum absolute atomic E-state index is 0.139. The largest absolute Gasteiger partial charge is 0.497 e. The van der Waals surface area contributed by atoms with Crippen molar-refractivity contribution in [1.82, 2.24) is 19.4 Å². The third-order valence-electron chi connectivity index (χ3n) is 6.41. The summed E-state index contributed by atoms with van der Waals surface area (Å²) in [6, 6.07) is 5.04. The number of ether oxygens (including phenoxy) is 1. The summed E-state index contributed by atoms with van der Waals surface area (Å²) in [5.74, 6) is 1.74. The molecule has 1 aromatic carbocycles. The Hall–Kier alpha value is -1.92. The molecule has 2 aliphatic heterocycles. The lowest BCUT2D eigenvalue weighted by atomic mass is 9.79. The van der Waals surface area contributed by atoms with Crippen LogP contribution in [0.5, 0.6) is 5.75 Å². The standard InChI is InChI=1S/C22H31FN4O/c1-3-27-12-9-24-21(27)15-26-11-8-22(17-26)7-4-10-25(16-22)14-18-13-19(28-2)5-6-20(18)23/h5-6,9,12-13H,3-4,7-8,10-11,14-17H2,1-2H3/t22-/m0/s1. The number of imidazole rings is 1. The third-order valence-corrected chi connectivity index (χ3v) is 6.41. The van der Waals surface area contributed by atoms with E-state index in [9.17, 15) is 4.39 Å². The number of piperidine rings is 1. The number of aromatic nitrogens is 2. The van der Waals surface area contributed by atoms with Crippen LogP contribution in [0, 0.1) is 11.2 Å². The molecule has 0 bridgehead atoms. The van der Waals surface area contributed by atoms with Gasteiger partial charge in [0, 0.05) is 44.1 Å². The minimum atomic E-state index is -0.139. The average molecular weight is 387 g/mol. The first-order valence-corrected chi connectivity index (χ1v) is 10.4. The summed E-state index contributed by atoms with van der Waals surface area (Å²) in [5.41, 5.74) is 1.06. The Labute approximate surface area is 167 Å². The molecule has 0 aliphatic carbocycles. The predicted molar refractivity (Wildman–Crippen MR) is 108 cm³/mol. The van der Waals surface area contributed by atoms with E-state index in [4.69, 9.17) is 4.74 Å². The second-order valence-corrected chi connectivity index (χ2v) is 8.36. The Balaban J connectivity index is 1.40. The highest BCUT2D eigenvalue weighted by molar-refractivity contribution is 5.29.